The summed E-state index contributed by atoms with van der Waals surface area (Å²) in [5.74, 6) is -4.45. The topological polar surface area (TPSA) is 87.7 Å². The van der Waals surface area contributed by atoms with Crippen molar-refractivity contribution in [3.8, 4) is 0 Å². The second kappa shape index (κ2) is 6.28. The molecule has 1 aromatic heterocycles. The van der Waals surface area contributed by atoms with Gasteiger partial charge in [0.15, 0.2) is 23.3 Å². The number of H-pyrrole nitrogens is 1. The lowest BCUT2D eigenvalue weighted by atomic mass is 10.1. The summed E-state index contributed by atoms with van der Waals surface area (Å²) in [6, 6.07) is 0.0176. The molecule has 2 aromatic rings. The maximum Gasteiger partial charge on any atom is 0.241 e. The third-order valence-electron chi connectivity index (χ3n) is 3.11. The van der Waals surface area contributed by atoms with E-state index in [0.717, 1.165) is 0 Å². The van der Waals surface area contributed by atoms with Crippen LogP contribution in [0.1, 0.15) is 31.5 Å². The SMILES string of the molecule is Cc1nc([C@@H](NS(=O)(=O)c2cc(F)c(F)c(F)c2)C(C)C)n[nH]1. The highest BCUT2D eigenvalue weighted by molar-refractivity contribution is 7.89. The van der Waals surface area contributed by atoms with Gasteiger partial charge in [-0.2, -0.15) is 5.10 Å². The van der Waals surface area contributed by atoms with Crippen molar-refractivity contribution in [2.24, 2.45) is 5.92 Å². The quantitative estimate of drug-likeness (QED) is 0.811. The first-order chi connectivity index (χ1) is 10.6. The molecule has 0 unspecified atom stereocenters. The summed E-state index contributed by atoms with van der Waals surface area (Å²) in [5.41, 5.74) is 0. The van der Waals surface area contributed by atoms with E-state index in [4.69, 9.17) is 0 Å². The van der Waals surface area contributed by atoms with E-state index in [-0.39, 0.29) is 11.7 Å². The van der Waals surface area contributed by atoms with Gasteiger partial charge in [-0.05, 0) is 25.0 Å². The Morgan fingerprint density at radius 2 is 1.74 bits per heavy atom. The number of aromatic nitrogens is 3. The van der Waals surface area contributed by atoms with E-state index in [1.54, 1.807) is 20.8 Å². The van der Waals surface area contributed by atoms with Gasteiger partial charge in [-0.3, -0.25) is 5.10 Å². The largest absolute Gasteiger partial charge is 0.263 e. The van der Waals surface area contributed by atoms with E-state index in [2.05, 4.69) is 19.9 Å². The Balaban J connectivity index is 2.39. The van der Waals surface area contributed by atoms with Gasteiger partial charge in [0, 0.05) is 0 Å². The molecule has 2 rings (SSSR count). The van der Waals surface area contributed by atoms with Crippen LogP contribution in [-0.4, -0.2) is 23.6 Å². The van der Waals surface area contributed by atoms with Crippen LogP contribution in [0.2, 0.25) is 0 Å². The smallest absolute Gasteiger partial charge is 0.241 e. The van der Waals surface area contributed by atoms with Crippen molar-refractivity contribution < 1.29 is 21.6 Å². The van der Waals surface area contributed by atoms with Gasteiger partial charge in [-0.25, -0.2) is 31.3 Å². The summed E-state index contributed by atoms with van der Waals surface area (Å²) < 4.78 is 66.4. The van der Waals surface area contributed by atoms with Crippen molar-refractivity contribution in [2.75, 3.05) is 0 Å². The molecule has 0 fully saturated rings. The molecule has 2 N–H and O–H groups in total. The van der Waals surface area contributed by atoms with Crippen molar-refractivity contribution in [3.05, 3.63) is 41.2 Å². The van der Waals surface area contributed by atoms with Gasteiger partial charge >= 0.3 is 0 Å². The summed E-state index contributed by atoms with van der Waals surface area (Å²) in [6.45, 7) is 5.10. The molecule has 0 aliphatic rings. The van der Waals surface area contributed by atoms with Gasteiger partial charge in [0.25, 0.3) is 0 Å². The molecule has 0 spiro atoms. The molecular weight excluding hydrogens is 333 g/mol. The molecule has 0 saturated carbocycles. The number of hydrogen-bond acceptors (Lipinski definition) is 4. The number of aromatic amines is 1. The number of sulfonamides is 1. The zero-order valence-corrected chi connectivity index (χ0v) is 13.4. The van der Waals surface area contributed by atoms with Crippen molar-refractivity contribution in [2.45, 2.75) is 31.7 Å². The van der Waals surface area contributed by atoms with Crippen LogP contribution in [-0.2, 0) is 10.0 Å². The predicted molar refractivity (Wildman–Crippen MR) is 75.3 cm³/mol. The predicted octanol–water partition coefficient (Wildman–Crippen LogP) is 2.21. The van der Waals surface area contributed by atoms with Crippen LogP contribution in [0.3, 0.4) is 0 Å². The first kappa shape index (κ1) is 17.4. The van der Waals surface area contributed by atoms with E-state index in [1.807, 2.05) is 0 Å². The van der Waals surface area contributed by atoms with Gasteiger partial charge in [0.1, 0.15) is 5.82 Å². The number of rotatable bonds is 5. The summed E-state index contributed by atoms with van der Waals surface area (Å²) in [6.07, 6.45) is 0. The van der Waals surface area contributed by atoms with Crippen molar-refractivity contribution >= 4 is 10.0 Å². The number of aryl methyl sites for hydroxylation is 1. The van der Waals surface area contributed by atoms with Crippen molar-refractivity contribution in [1.82, 2.24) is 19.9 Å². The van der Waals surface area contributed by atoms with E-state index < -0.39 is 38.4 Å². The molecule has 0 amide bonds. The molecule has 10 heteroatoms. The molecule has 0 bridgehead atoms. The van der Waals surface area contributed by atoms with E-state index in [1.165, 1.54) is 0 Å². The summed E-state index contributed by atoms with van der Waals surface area (Å²) in [4.78, 5) is 3.34. The number of nitrogens with zero attached hydrogens (tertiary/aromatic N) is 2. The van der Waals surface area contributed by atoms with Crippen LogP contribution in [0, 0.1) is 30.3 Å². The van der Waals surface area contributed by atoms with Crippen LogP contribution in [0.15, 0.2) is 17.0 Å². The highest BCUT2D eigenvalue weighted by Gasteiger charge is 2.28. The van der Waals surface area contributed by atoms with Crippen LogP contribution < -0.4 is 4.72 Å². The molecule has 1 atom stereocenters. The third kappa shape index (κ3) is 3.70. The second-order valence-electron chi connectivity index (χ2n) is 5.32. The van der Waals surface area contributed by atoms with Gasteiger partial charge in [0.2, 0.25) is 10.0 Å². The number of halogens is 3. The van der Waals surface area contributed by atoms with Gasteiger partial charge < -0.3 is 0 Å². The average Bonchev–Trinajstić information content (AvgIpc) is 2.87. The molecule has 1 aromatic carbocycles. The van der Waals surface area contributed by atoms with Crippen LogP contribution in [0.4, 0.5) is 13.2 Å². The minimum Gasteiger partial charge on any atom is -0.263 e. The number of nitrogens with one attached hydrogen (secondary N) is 2. The average molecular weight is 348 g/mol. The lowest BCUT2D eigenvalue weighted by Gasteiger charge is -2.19. The Morgan fingerprint density at radius 1 is 1.17 bits per heavy atom. The minimum absolute atomic E-state index is 0.198. The first-order valence-corrected chi connectivity index (χ1v) is 8.16. The molecule has 1 heterocycles. The van der Waals surface area contributed by atoms with Crippen molar-refractivity contribution in [3.63, 3.8) is 0 Å². The van der Waals surface area contributed by atoms with Gasteiger partial charge in [-0.15, -0.1) is 0 Å². The molecule has 0 aliphatic carbocycles. The number of hydrogen-bond donors (Lipinski definition) is 2. The molecule has 0 aliphatic heterocycles. The standard InChI is InChI=1S/C13H15F3N4O2S/c1-6(2)12(13-17-7(3)18-19-13)20-23(21,22)8-4-9(14)11(16)10(15)5-8/h4-6,12,20H,1-3H3,(H,17,18,19)/t12-/m0/s1. The van der Waals surface area contributed by atoms with Crippen LogP contribution in [0.25, 0.3) is 0 Å². The highest BCUT2D eigenvalue weighted by Crippen LogP contribution is 2.23. The van der Waals surface area contributed by atoms with E-state index in [9.17, 15) is 21.6 Å². The fourth-order valence-electron chi connectivity index (χ4n) is 1.91. The normalized spacial score (nSPS) is 13.5. The zero-order chi connectivity index (χ0) is 17.4. The number of benzene rings is 1. The fourth-order valence-corrected chi connectivity index (χ4v) is 3.27. The van der Waals surface area contributed by atoms with Gasteiger partial charge in [-0.1, -0.05) is 13.8 Å². The Morgan fingerprint density at radius 3 is 2.17 bits per heavy atom. The van der Waals surface area contributed by atoms with E-state index in [0.29, 0.717) is 18.0 Å². The first-order valence-electron chi connectivity index (χ1n) is 6.67. The monoisotopic (exact) mass is 348 g/mol. The summed E-state index contributed by atoms with van der Waals surface area (Å²) in [7, 11) is -4.30. The Labute approximate surface area is 131 Å². The minimum atomic E-state index is -4.30. The highest BCUT2D eigenvalue weighted by atomic mass is 32.2. The maximum absolute atomic E-state index is 13.3. The molecule has 126 valence electrons. The maximum atomic E-state index is 13.3. The second-order valence-corrected chi connectivity index (χ2v) is 7.04. The third-order valence-corrected chi connectivity index (χ3v) is 4.53. The molecule has 0 radical (unpaired) electrons. The molecular formula is C13H15F3N4O2S. The van der Waals surface area contributed by atoms with Crippen LogP contribution in [0.5, 0.6) is 0 Å². The molecule has 0 saturated heterocycles. The van der Waals surface area contributed by atoms with Crippen molar-refractivity contribution in [1.29, 1.82) is 0 Å². The lowest BCUT2D eigenvalue weighted by Crippen LogP contribution is -2.32. The Kier molecular flexibility index (Phi) is 4.76. The van der Waals surface area contributed by atoms with Crippen LogP contribution >= 0.6 is 0 Å². The molecule has 6 nitrogen and oxygen atoms in total. The summed E-state index contributed by atoms with van der Waals surface area (Å²) in [5, 5.41) is 6.48. The fraction of sp³-hybridized carbons (Fsp3) is 0.385. The lowest BCUT2D eigenvalue weighted by molar-refractivity contribution is 0.436. The molecule has 23 heavy (non-hydrogen) atoms. The van der Waals surface area contributed by atoms with E-state index >= 15 is 0 Å². The Hall–Kier alpha value is -1.94. The summed E-state index contributed by atoms with van der Waals surface area (Å²) >= 11 is 0. The zero-order valence-electron chi connectivity index (χ0n) is 12.6. The Bertz CT molecular complexity index is 797. The van der Waals surface area contributed by atoms with Gasteiger partial charge in [0.05, 0.1) is 10.9 Å².